The highest BCUT2D eigenvalue weighted by Crippen LogP contribution is 2.25. The average molecular weight is 761 g/mol. The highest BCUT2D eigenvalue weighted by molar-refractivity contribution is 5.85. The fourth-order valence-electron chi connectivity index (χ4n) is 6.26. The third kappa shape index (κ3) is 9.54. The van der Waals surface area contributed by atoms with Crippen molar-refractivity contribution in [1.29, 1.82) is 0 Å². The summed E-state index contributed by atoms with van der Waals surface area (Å²) in [5.74, 6) is 3.10. The Balaban J connectivity index is 0.000000179. The number of amides is 1. The molecule has 8 aromatic rings. The molecule has 0 bridgehead atoms. The monoisotopic (exact) mass is 760 g/mol. The summed E-state index contributed by atoms with van der Waals surface area (Å²) in [7, 11) is 3.31. The molecule has 0 spiro atoms. The first kappa shape index (κ1) is 38.1. The van der Waals surface area contributed by atoms with E-state index in [0.29, 0.717) is 24.4 Å². The number of nitrogens with two attached hydrogens (primary N) is 1. The predicted octanol–water partition coefficient (Wildman–Crippen LogP) is 8.92. The van der Waals surface area contributed by atoms with Crippen LogP contribution in [0.1, 0.15) is 43.5 Å². The lowest BCUT2D eigenvalue weighted by Gasteiger charge is -2.19. The maximum absolute atomic E-state index is 12.1. The van der Waals surface area contributed by atoms with Crippen LogP contribution in [0.2, 0.25) is 0 Å². The Labute approximate surface area is 330 Å². The molecule has 0 saturated heterocycles. The van der Waals surface area contributed by atoms with Gasteiger partial charge in [-0.05, 0) is 129 Å². The van der Waals surface area contributed by atoms with Gasteiger partial charge in [-0.15, -0.1) is 0 Å². The average Bonchev–Trinajstić information content (AvgIpc) is 3.81. The van der Waals surface area contributed by atoms with E-state index in [1.807, 2.05) is 163 Å². The number of carbonyl (C=O) groups is 1. The van der Waals surface area contributed by atoms with Gasteiger partial charge in [0.1, 0.15) is 17.1 Å². The molecule has 12 heteroatoms. The van der Waals surface area contributed by atoms with Crippen molar-refractivity contribution in [1.82, 2.24) is 29.2 Å². The number of fused-ring (bicyclic) bond motifs is 2. The summed E-state index contributed by atoms with van der Waals surface area (Å²) < 4.78 is 19.5. The van der Waals surface area contributed by atoms with E-state index in [2.05, 4.69) is 15.3 Å². The first-order chi connectivity index (χ1) is 27.5. The molecule has 288 valence electrons. The van der Waals surface area contributed by atoms with Gasteiger partial charge in [-0.25, -0.2) is 23.8 Å². The van der Waals surface area contributed by atoms with Gasteiger partial charge in [0, 0.05) is 35.3 Å². The number of hydrogen-bond donors (Lipinski definition) is 2. The van der Waals surface area contributed by atoms with Crippen LogP contribution in [0.5, 0.6) is 11.5 Å². The lowest BCUT2D eigenvalue weighted by Crippen LogP contribution is -2.27. The summed E-state index contributed by atoms with van der Waals surface area (Å²) in [6.45, 7) is 5.49. The highest BCUT2D eigenvalue weighted by atomic mass is 16.6. The van der Waals surface area contributed by atoms with E-state index in [0.717, 1.165) is 67.9 Å². The molecule has 0 aliphatic rings. The predicted molar refractivity (Wildman–Crippen MR) is 223 cm³/mol. The molecule has 0 aliphatic heterocycles. The topological polar surface area (TPSA) is 143 Å². The number of carbonyl (C=O) groups excluding carboxylic acids is 1. The first-order valence-corrected chi connectivity index (χ1v) is 18.4. The minimum absolute atomic E-state index is 0.482. The van der Waals surface area contributed by atoms with Gasteiger partial charge in [0.05, 0.1) is 25.6 Å². The molecule has 57 heavy (non-hydrogen) atoms. The minimum atomic E-state index is -0.552. The summed E-state index contributed by atoms with van der Waals surface area (Å²) in [5, 5.41) is 12.2. The number of hydrogen-bond acceptors (Lipinski definition) is 9. The van der Waals surface area contributed by atoms with Crippen molar-refractivity contribution in [2.24, 2.45) is 0 Å². The van der Waals surface area contributed by atoms with Crippen molar-refractivity contribution in [3.63, 3.8) is 0 Å². The van der Waals surface area contributed by atoms with Gasteiger partial charge in [-0.2, -0.15) is 10.2 Å². The van der Waals surface area contributed by atoms with Gasteiger partial charge in [0.2, 0.25) is 0 Å². The van der Waals surface area contributed by atoms with Crippen LogP contribution < -0.4 is 20.5 Å². The Morgan fingerprint density at radius 3 is 1.58 bits per heavy atom. The molecular formula is C45H44N8O4. The number of pyridine rings is 2. The molecule has 8 rings (SSSR count). The SMILES string of the molecule is COc1ccc(-c2cccc3nc(Cc4cccc(N)c4)nn23)cc1.COc1ccc(-c2cccc3nc(Cc4cccc(NC(=O)OC(C)(C)C)c4)nn23)cc1. The van der Waals surface area contributed by atoms with Crippen LogP contribution in [-0.4, -0.2) is 55.1 Å². The van der Waals surface area contributed by atoms with Gasteiger partial charge in [0.25, 0.3) is 0 Å². The fourth-order valence-corrected chi connectivity index (χ4v) is 6.26. The summed E-state index contributed by atoms with van der Waals surface area (Å²) in [5.41, 5.74) is 14.4. The van der Waals surface area contributed by atoms with Crippen molar-refractivity contribution in [2.75, 3.05) is 25.3 Å². The molecule has 0 fully saturated rings. The van der Waals surface area contributed by atoms with Crippen molar-refractivity contribution in [2.45, 2.75) is 39.2 Å². The Bertz CT molecular complexity index is 2630. The summed E-state index contributed by atoms with van der Waals surface area (Å²) >= 11 is 0. The van der Waals surface area contributed by atoms with Crippen LogP contribution in [0, 0.1) is 0 Å². The standard InChI is InChI=1S/C25H26N4O3.C20H18N4O/c1-25(2,3)32-24(30)26-19-8-5-7-17(15-19)16-22-27-23-10-6-9-21(29(23)28-22)18-11-13-20(31-4)14-12-18;1-25-17-10-8-15(9-11-17)18-6-3-7-20-22-19(23-24(18)20)13-14-4-2-5-16(21)12-14/h5-15H,16H2,1-4H3,(H,26,30);2-12H,13,21H2,1H3. The van der Waals surface area contributed by atoms with Crippen LogP contribution in [0.15, 0.2) is 133 Å². The first-order valence-electron chi connectivity index (χ1n) is 18.4. The number of nitrogens with one attached hydrogen (secondary N) is 1. The Morgan fingerprint density at radius 2 is 1.11 bits per heavy atom. The molecule has 12 nitrogen and oxygen atoms in total. The van der Waals surface area contributed by atoms with Crippen molar-refractivity contribution in [3.8, 4) is 34.0 Å². The summed E-state index contributed by atoms with van der Waals surface area (Å²) in [6.07, 6.45) is 0.701. The minimum Gasteiger partial charge on any atom is -0.497 e. The van der Waals surface area contributed by atoms with Gasteiger partial charge in [0.15, 0.2) is 22.9 Å². The largest absolute Gasteiger partial charge is 0.497 e. The Morgan fingerprint density at radius 1 is 0.632 bits per heavy atom. The van der Waals surface area contributed by atoms with Gasteiger partial charge < -0.3 is 19.9 Å². The number of methoxy groups -OCH3 is 2. The molecule has 1 amide bonds. The van der Waals surface area contributed by atoms with Crippen LogP contribution in [0.4, 0.5) is 16.2 Å². The van der Waals surface area contributed by atoms with Crippen LogP contribution >= 0.6 is 0 Å². The number of benzene rings is 4. The molecule has 0 radical (unpaired) electrons. The van der Waals surface area contributed by atoms with Crippen molar-refractivity contribution < 1.29 is 19.0 Å². The molecule has 0 aliphatic carbocycles. The number of rotatable bonds is 9. The lowest BCUT2D eigenvalue weighted by atomic mass is 10.1. The zero-order valence-corrected chi connectivity index (χ0v) is 32.5. The molecular weight excluding hydrogens is 717 g/mol. The van der Waals surface area contributed by atoms with E-state index in [1.165, 1.54) is 0 Å². The van der Waals surface area contributed by atoms with E-state index in [9.17, 15) is 4.79 Å². The molecule has 4 aromatic heterocycles. The third-order valence-corrected chi connectivity index (χ3v) is 8.83. The second-order valence-electron chi connectivity index (χ2n) is 14.3. The maximum Gasteiger partial charge on any atom is 0.412 e. The van der Waals surface area contributed by atoms with E-state index in [1.54, 1.807) is 14.2 Å². The van der Waals surface area contributed by atoms with Crippen molar-refractivity contribution in [3.05, 3.63) is 156 Å². The number of nitrogen functional groups attached to an aromatic ring is 1. The number of ether oxygens (including phenoxy) is 3. The third-order valence-electron chi connectivity index (χ3n) is 8.83. The summed E-state index contributed by atoms with van der Waals surface area (Å²) in [6, 6.07) is 43.1. The molecule has 3 N–H and O–H groups in total. The zero-order chi connectivity index (χ0) is 39.9. The van der Waals surface area contributed by atoms with Crippen molar-refractivity contribution >= 4 is 28.8 Å². The lowest BCUT2D eigenvalue weighted by molar-refractivity contribution is 0.0636. The highest BCUT2D eigenvalue weighted by Gasteiger charge is 2.17. The molecule has 0 atom stereocenters. The van der Waals surface area contributed by atoms with Gasteiger partial charge in [-0.3, -0.25) is 5.32 Å². The molecule has 4 heterocycles. The van der Waals surface area contributed by atoms with Crippen LogP contribution in [0.3, 0.4) is 0 Å². The van der Waals surface area contributed by atoms with Gasteiger partial charge >= 0.3 is 6.09 Å². The molecule has 4 aromatic carbocycles. The number of nitrogens with zero attached hydrogens (tertiary/aromatic N) is 6. The Kier molecular flexibility index (Phi) is 11.1. The van der Waals surface area contributed by atoms with Crippen LogP contribution in [0.25, 0.3) is 33.8 Å². The van der Waals surface area contributed by atoms with Gasteiger partial charge in [-0.1, -0.05) is 36.4 Å². The van der Waals surface area contributed by atoms with E-state index in [4.69, 9.17) is 30.1 Å². The quantitative estimate of drug-likeness (QED) is 0.138. The zero-order valence-electron chi connectivity index (χ0n) is 32.5. The van der Waals surface area contributed by atoms with Crippen LogP contribution in [-0.2, 0) is 17.6 Å². The number of aromatic nitrogens is 6. The normalized spacial score (nSPS) is 11.2. The fraction of sp³-hybridized carbons (Fsp3) is 0.178. The second-order valence-corrected chi connectivity index (χ2v) is 14.3. The summed E-state index contributed by atoms with van der Waals surface area (Å²) in [4.78, 5) is 21.4. The Hall–Kier alpha value is -7.21. The maximum atomic E-state index is 12.1. The smallest absolute Gasteiger partial charge is 0.412 e. The number of anilines is 2. The second kappa shape index (κ2) is 16.7. The van der Waals surface area contributed by atoms with E-state index < -0.39 is 11.7 Å². The van der Waals surface area contributed by atoms with E-state index in [-0.39, 0.29) is 0 Å². The molecule has 0 saturated carbocycles. The molecule has 0 unspecified atom stereocenters. The van der Waals surface area contributed by atoms with E-state index >= 15 is 0 Å².